The fourth-order valence-corrected chi connectivity index (χ4v) is 2.87. The van der Waals surface area contributed by atoms with Crippen LogP contribution in [0.1, 0.15) is 37.0 Å². The first-order valence-electron chi connectivity index (χ1n) is 9.31. The minimum absolute atomic E-state index is 0.313. The molecule has 0 unspecified atom stereocenters. The quantitative estimate of drug-likeness (QED) is 0.612. The van der Waals surface area contributed by atoms with Gasteiger partial charge in [-0.05, 0) is 45.0 Å². The molecule has 3 rings (SSSR count). The standard InChI is InChI=1S/C21H24N2O5/c1-5-25-17-11-14(12-18(26-6-2)20(17)27-7-3)21(24)23-16-10-8-9-15-19(16)28-13(4)22-15/h8-12H,5-7H2,1-4H3,(H,23,24). The van der Waals surface area contributed by atoms with E-state index in [4.69, 9.17) is 18.6 Å². The molecule has 0 atom stereocenters. The topological polar surface area (TPSA) is 82.8 Å². The Balaban J connectivity index is 1.97. The predicted octanol–water partition coefficient (Wildman–Crippen LogP) is 4.58. The molecule has 1 aromatic heterocycles. The van der Waals surface area contributed by atoms with Gasteiger partial charge in [-0.3, -0.25) is 4.79 Å². The third-order valence-electron chi connectivity index (χ3n) is 3.94. The van der Waals surface area contributed by atoms with E-state index in [2.05, 4.69) is 10.3 Å². The zero-order chi connectivity index (χ0) is 20.1. The van der Waals surface area contributed by atoms with Gasteiger partial charge in [0.25, 0.3) is 5.91 Å². The van der Waals surface area contributed by atoms with Crippen LogP contribution in [-0.2, 0) is 0 Å². The maximum atomic E-state index is 12.9. The molecule has 1 heterocycles. The summed E-state index contributed by atoms with van der Waals surface area (Å²) in [5.41, 5.74) is 2.16. The molecule has 0 saturated heterocycles. The highest BCUT2D eigenvalue weighted by atomic mass is 16.5. The second-order valence-corrected chi connectivity index (χ2v) is 5.94. The van der Waals surface area contributed by atoms with Gasteiger partial charge < -0.3 is 23.9 Å². The molecule has 0 aliphatic heterocycles. The van der Waals surface area contributed by atoms with Crippen LogP contribution in [0.25, 0.3) is 11.1 Å². The molecule has 28 heavy (non-hydrogen) atoms. The molecule has 7 nitrogen and oxygen atoms in total. The summed E-state index contributed by atoms with van der Waals surface area (Å²) in [7, 11) is 0. The van der Waals surface area contributed by atoms with Gasteiger partial charge in [0.2, 0.25) is 5.75 Å². The first-order valence-corrected chi connectivity index (χ1v) is 9.31. The zero-order valence-corrected chi connectivity index (χ0v) is 16.5. The molecule has 0 bridgehead atoms. The van der Waals surface area contributed by atoms with Crippen molar-refractivity contribution in [1.82, 2.24) is 4.98 Å². The van der Waals surface area contributed by atoms with Crippen LogP contribution in [0.15, 0.2) is 34.7 Å². The SMILES string of the molecule is CCOc1cc(C(=O)Nc2cccc3nc(C)oc23)cc(OCC)c1OCC. The molecule has 0 fully saturated rings. The number of oxazole rings is 1. The van der Waals surface area contributed by atoms with Crippen molar-refractivity contribution in [1.29, 1.82) is 0 Å². The van der Waals surface area contributed by atoms with E-state index in [1.807, 2.05) is 32.9 Å². The molecule has 0 aliphatic rings. The molecule has 3 aromatic rings. The molecule has 0 aliphatic carbocycles. The Morgan fingerprint density at radius 1 is 1.04 bits per heavy atom. The van der Waals surface area contributed by atoms with Crippen LogP contribution in [0.2, 0.25) is 0 Å². The molecule has 1 amide bonds. The number of amides is 1. The summed E-state index contributed by atoms with van der Waals surface area (Å²) >= 11 is 0. The number of aryl methyl sites for hydroxylation is 1. The number of fused-ring (bicyclic) bond motifs is 1. The lowest BCUT2D eigenvalue weighted by atomic mass is 10.1. The Kier molecular flexibility index (Phi) is 6.03. The van der Waals surface area contributed by atoms with Gasteiger partial charge in [-0.1, -0.05) is 6.07 Å². The third-order valence-corrected chi connectivity index (χ3v) is 3.94. The minimum Gasteiger partial charge on any atom is -0.490 e. The second-order valence-electron chi connectivity index (χ2n) is 5.94. The lowest BCUT2D eigenvalue weighted by molar-refractivity contribution is 0.102. The molecule has 0 spiro atoms. The number of ether oxygens (including phenoxy) is 3. The molecule has 7 heteroatoms. The number of nitrogens with zero attached hydrogens (tertiary/aromatic N) is 1. The van der Waals surface area contributed by atoms with Crippen molar-refractivity contribution in [2.75, 3.05) is 25.1 Å². The van der Waals surface area contributed by atoms with Crippen molar-refractivity contribution in [3.63, 3.8) is 0 Å². The summed E-state index contributed by atoms with van der Waals surface area (Å²) in [6, 6.07) is 8.72. The molecule has 0 radical (unpaired) electrons. The average Bonchev–Trinajstić information content (AvgIpc) is 3.05. The Morgan fingerprint density at radius 3 is 2.29 bits per heavy atom. The smallest absolute Gasteiger partial charge is 0.256 e. The summed E-state index contributed by atoms with van der Waals surface area (Å²) in [6.07, 6.45) is 0. The van der Waals surface area contributed by atoms with Crippen LogP contribution in [-0.4, -0.2) is 30.7 Å². The second kappa shape index (κ2) is 8.65. The summed E-state index contributed by atoms with van der Waals surface area (Å²) in [6.45, 7) is 8.72. The molecule has 2 aromatic carbocycles. The summed E-state index contributed by atoms with van der Waals surface area (Å²) < 4.78 is 22.7. The van der Waals surface area contributed by atoms with E-state index in [0.29, 0.717) is 65.3 Å². The highest BCUT2D eigenvalue weighted by Gasteiger charge is 2.19. The lowest BCUT2D eigenvalue weighted by Gasteiger charge is -2.17. The van der Waals surface area contributed by atoms with E-state index in [1.165, 1.54) is 0 Å². The number of aromatic nitrogens is 1. The van der Waals surface area contributed by atoms with Gasteiger partial charge in [-0.25, -0.2) is 4.98 Å². The largest absolute Gasteiger partial charge is 0.490 e. The lowest BCUT2D eigenvalue weighted by Crippen LogP contribution is -2.13. The van der Waals surface area contributed by atoms with Crippen LogP contribution >= 0.6 is 0 Å². The maximum absolute atomic E-state index is 12.9. The van der Waals surface area contributed by atoms with Gasteiger partial charge in [-0.15, -0.1) is 0 Å². The van der Waals surface area contributed by atoms with Crippen molar-refractivity contribution in [3.05, 3.63) is 41.8 Å². The number of carbonyl (C=O) groups is 1. The summed E-state index contributed by atoms with van der Waals surface area (Å²) in [4.78, 5) is 17.2. The van der Waals surface area contributed by atoms with E-state index in [-0.39, 0.29) is 5.91 Å². The van der Waals surface area contributed by atoms with Gasteiger partial charge in [0, 0.05) is 12.5 Å². The van der Waals surface area contributed by atoms with Gasteiger partial charge in [0.05, 0.1) is 25.5 Å². The van der Waals surface area contributed by atoms with Crippen molar-refractivity contribution in [3.8, 4) is 17.2 Å². The monoisotopic (exact) mass is 384 g/mol. The summed E-state index contributed by atoms with van der Waals surface area (Å²) in [5, 5.41) is 2.88. The van der Waals surface area contributed by atoms with Gasteiger partial charge in [0.15, 0.2) is 23.0 Å². The highest BCUT2D eigenvalue weighted by Crippen LogP contribution is 2.39. The minimum atomic E-state index is -0.313. The predicted molar refractivity (Wildman–Crippen MR) is 107 cm³/mol. The number of carbonyl (C=O) groups excluding carboxylic acids is 1. The summed E-state index contributed by atoms with van der Waals surface area (Å²) in [5.74, 6) is 1.65. The van der Waals surface area contributed by atoms with Crippen LogP contribution < -0.4 is 19.5 Å². The first-order chi connectivity index (χ1) is 13.6. The number of anilines is 1. The Morgan fingerprint density at radius 2 is 1.68 bits per heavy atom. The van der Waals surface area contributed by atoms with Crippen molar-refractivity contribution in [2.45, 2.75) is 27.7 Å². The van der Waals surface area contributed by atoms with Gasteiger partial charge >= 0.3 is 0 Å². The number of nitrogens with one attached hydrogen (secondary N) is 1. The van der Waals surface area contributed by atoms with Crippen LogP contribution in [0.4, 0.5) is 5.69 Å². The van der Waals surface area contributed by atoms with Crippen LogP contribution in [0.3, 0.4) is 0 Å². The van der Waals surface area contributed by atoms with Crippen LogP contribution in [0.5, 0.6) is 17.2 Å². The van der Waals surface area contributed by atoms with Gasteiger partial charge in [0.1, 0.15) is 5.52 Å². The van der Waals surface area contributed by atoms with E-state index < -0.39 is 0 Å². The van der Waals surface area contributed by atoms with Crippen LogP contribution in [0, 0.1) is 6.92 Å². The Labute approximate surface area is 163 Å². The number of hydrogen-bond acceptors (Lipinski definition) is 6. The molecule has 1 N–H and O–H groups in total. The fourth-order valence-electron chi connectivity index (χ4n) is 2.87. The molecular weight excluding hydrogens is 360 g/mol. The zero-order valence-electron chi connectivity index (χ0n) is 16.5. The van der Waals surface area contributed by atoms with Crippen molar-refractivity contribution in [2.24, 2.45) is 0 Å². The highest BCUT2D eigenvalue weighted by molar-refractivity contribution is 6.08. The van der Waals surface area contributed by atoms with Crippen molar-refractivity contribution >= 4 is 22.7 Å². The van der Waals surface area contributed by atoms with Crippen molar-refractivity contribution < 1.29 is 23.4 Å². The number of hydrogen-bond donors (Lipinski definition) is 1. The number of rotatable bonds is 8. The molecular formula is C21H24N2O5. The van der Waals surface area contributed by atoms with E-state index in [1.54, 1.807) is 25.1 Å². The van der Waals surface area contributed by atoms with E-state index in [9.17, 15) is 4.79 Å². The Hall–Kier alpha value is -3.22. The average molecular weight is 384 g/mol. The normalized spacial score (nSPS) is 10.7. The molecule has 0 saturated carbocycles. The third kappa shape index (κ3) is 4.03. The maximum Gasteiger partial charge on any atom is 0.256 e. The van der Waals surface area contributed by atoms with E-state index >= 15 is 0 Å². The molecule has 148 valence electrons. The van der Waals surface area contributed by atoms with Gasteiger partial charge in [-0.2, -0.15) is 0 Å². The number of para-hydroxylation sites is 1. The number of benzene rings is 2. The van der Waals surface area contributed by atoms with E-state index in [0.717, 1.165) is 0 Å². The Bertz CT molecular complexity index is 953. The fraction of sp³-hybridized carbons (Fsp3) is 0.333. The first kappa shape index (κ1) is 19.5.